The second kappa shape index (κ2) is 5.72. The van der Waals surface area contributed by atoms with Crippen molar-refractivity contribution in [1.82, 2.24) is 4.98 Å². The third-order valence-electron chi connectivity index (χ3n) is 2.15. The molecule has 2 atom stereocenters. The van der Waals surface area contributed by atoms with E-state index in [2.05, 4.69) is 34.8 Å². The molecule has 0 amide bonds. The largest absolute Gasteiger partial charge is 0.263 e. The number of pyridine rings is 1. The zero-order valence-electron chi connectivity index (χ0n) is 8.50. The van der Waals surface area contributed by atoms with E-state index in [1.807, 2.05) is 6.07 Å². The lowest BCUT2D eigenvalue weighted by Gasteiger charge is -2.13. The van der Waals surface area contributed by atoms with E-state index in [1.165, 1.54) is 12.0 Å². The quantitative estimate of drug-likeness (QED) is 0.755. The lowest BCUT2D eigenvalue weighted by Crippen LogP contribution is -2.05. The van der Waals surface area contributed by atoms with Crippen LogP contribution < -0.4 is 0 Å². The molecule has 0 fully saturated rings. The highest BCUT2D eigenvalue weighted by Crippen LogP contribution is 2.21. The van der Waals surface area contributed by atoms with Gasteiger partial charge in [-0.15, -0.1) is 0 Å². The summed E-state index contributed by atoms with van der Waals surface area (Å²) in [4.78, 5) is 4.54. The Labute approximate surface area is 99.0 Å². The molecule has 0 aliphatic heterocycles. The predicted molar refractivity (Wildman–Crippen MR) is 65.1 cm³/mol. The molecule has 78 valence electrons. The second-order valence-corrected chi connectivity index (χ2v) is 5.76. The highest BCUT2D eigenvalue weighted by Gasteiger charge is 2.09. The fourth-order valence-corrected chi connectivity index (χ4v) is 2.42. The van der Waals surface area contributed by atoms with Crippen LogP contribution in [0.4, 0.5) is 0 Å². The fraction of sp³-hybridized carbons (Fsp3) is 0.545. The summed E-state index contributed by atoms with van der Waals surface area (Å²) in [5.41, 5.74) is 1.20. The Morgan fingerprint density at radius 3 is 2.79 bits per heavy atom. The summed E-state index contributed by atoms with van der Waals surface area (Å²) in [7, 11) is 0. The molecule has 0 aliphatic rings. The fourth-order valence-electron chi connectivity index (χ4n) is 1.58. The zero-order chi connectivity index (χ0) is 10.6. The maximum atomic E-state index is 6.03. The van der Waals surface area contributed by atoms with Gasteiger partial charge in [0.1, 0.15) is 0 Å². The van der Waals surface area contributed by atoms with Crippen LogP contribution in [0, 0.1) is 5.92 Å². The maximum Gasteiger partial charge on any atom is 0.0621 e. The van der Waals surface area contributed by atoms with Crippen molar-refractivity contribution in [2.75, 3.05) is 0 Å². The van der Waals surface area contributed by atoms with Gasteiger partial charge in [-0.25, -0.2) is 0 Å². The van der Waals surface area contributed by atoms with E-state index in [0.29, 0.717) is 10.7 Å². The van der Waals surface area contributed by atoms with Crippen molar-refractivity contribution in [2.45, 2.75) is 31.5 Å². The van der Waals surface area contributed by atoms with Crippen LogP contribution in [0.5, 0.6) is 0 Å². The molecule has 1 rings (SSSR count). The normalized spacial score (nSPS) is 15.1. The number of aromatic nitrogens is 1. The Morgan fingerprint density at radius 1 is 1.50 bits per heavy atom. The molecular weight excluding hydrogens is 261 g/mol. The highest BCUT2D eigenvalue weighted by molar-refractivity contribution is 9.09. The molecule has 1 aromatic heterocycles. The lowest BCUT2D eigenvalue weighted by atomic mass is 9.98. The Morgan fingerprint density at radius 2 is 2.21 bits per heavy atom. The number of halogens is 2. The van der Waals surface area contributed by atoms with Crippen LogP contribution in [-0.4, -0.2) is 9.81 Å². The molecule has 3 heteroatoms. The van der Waals surface area contributed by atoms with Gasteiger partial charge in [-0.3, -0.25) is 4.98 Å². The molecule has 0 bridgehead atoms. The van der Waals surface area contributed by atoms with E-state index in [1.54, 1.807) is 12.4 Å². The van der Waals surface area contributed by atoms with Crippen molar-refractivity contribution in [3.63, 3.8) is 0 Å². The van der Waals surface area contributed by atoms with E-state index < -0.39 is 0 Å². The summed E-state index contributed by atoms with van der Waals surface area (Å²) in [6.07, 6.45) is 5.70. The third kappa shape index (κ3) is 3.97. The Bertz CT molecular complexity index is 288. The van der Waals surface area contributed by atoms with Crippen molar-refractivity contribution in [1.29, 1.82) is 0 Å². The van der Waals surface area contributed by atoms with Crippen LogP contribution in [0.1, 0.15) is 25.8 Å². The number of nitrogens with zero attached hydrogens (tertiary/aromatic N) is 1. The molecule has 0 saturated carbocycles. The smallest absolute Gasteiger partial charge is 0.0621 e. The van der Waals surface area contributed by atoms with Crippen molar-refractivity contribution in [2.24, 2.45) is 5.92 Å². The molecule has 1 aromatic rings. The van der Waals surface area contributed by atoms with Gasteiger partial charge in [-0.1, -0.05) is 41.4 Å². The van der Waals surface area contributed by atoms with E-state index in [4.69, 9.17) is 11.6 Å². The first-order chi connectivity index (χ1) is 6.59. The van der Waals surface area contributed by atoms with Crippen LogP contribution in [0.2, 0.25) is 5.02 Å². The van der Waals surface area contributed by atoms with Crippen molar-refractivity contribution in [3.8, 4) is 0 Å². The Balaban J connectivity index is 2.56. The van der Waals surface area contributed by atoms with Crippen molar-refractivity contribution >= 4 is 27.5 Å². The molecule has 1 heterocycles. The van der Waals surface area contributed by atoms with E-state index >= 15 is 0 Å². The molecule has 14 heavy (non-hydrogen) atoms. The van der Waals surface area contributed by atoms with Crippen molar-refractivity contribution in [3.05, 3.63) is 29.0 Å². The third-order valence-corrected chi connectivity index (χ3v) is 2.87. The van der Waals surface area contributed by atoms with Gasteiger partial charge in [0.25, 0.3) is 0 Å². The van der Waals surface area contributed by atoms with Crippen LogP contribution in [0.25, 0.3) is 0 Å². The first-order valence-electron chi connectivity index (χ1n) is 4.82. The number of hydrogen-bond acceptors (Lipinski definition) is 1. The Kier molecular flexibility index (Phi) is 4.90. The zero-order valence-corrected chi connectivity index (χ0v) is 10.8. The van der Waals surface area contributed by atoms with Gasteiger partial charge in [-0.05, 0) is 30.4 Å². The van der Waals surface area contributed by atoms with E-state index in [9.17, 15) is 0 Å². The standard InChI is InChI=1S/C11H15BrClN/c1-8(5-9(2)12)6-10-3-4-14-7-11(10)13/h3-4,7-9H,5-6H2,1-2H3. The summed E-state index contributed by atoms with van der Waals surface area (Å²) in [5.74, 6) is 0.643. The number of alkyl halides is 1. The lowest BCUT2D eigenvalue weighted by molar-refractivity contribution is 0.532. The highest BCUT2D eigenvalue weighted by atomic mass is 79.9. The van der Waals surface area contributed by atoms with Gasteiger partial charge in [-0.2, -0.15) is 0 Å². The summed E-state index contributed by atoms with van der Waals surface area (Å²) < 4.78 is 0. The van der Waals surface area contributed by atoms with Crippen LogP contribution in [-0.2, 0) is 6.42 Å². The molecule has 0 saturated heterocycles. The van der Waals surface area contributed by atoms with Gasteiger partial charge in [0.05, 0.1) is 5.02 Å². The average Bonchev–Trinajstić information content (AvgIpc) is 2.07. The molecule has 0 N–H and O–H groups in total. The monoisotopic (exact) mass is 275 g/mol. The maximum absolute atomic E-state index is 6.03. The van der Waals surface area contributed by atoms with Gasteiger partial charge in [0.15, 0.2) is 0 Å². The number of hydrogen-bond donors (Lipinski definition) is 0. The average molecular weight is 277 g/mol. The first-order valence-corrected chi connectivity index (χ1v) is 6.11. The minimum Gasteiger partial charge on any atom is -0.263 e. The predicted octanol–water partition coefficient (Wildman–Crippen LogP) is 4.09. The van der Waals surface area contributed by atoms with E-state index in [0.717, 1.165) is 11.4 Å². The van der Waals surface area contributed by atoms with Gasteiger partial charge >= 0.3 is 0 Å². The minimum atomic E-state index is 0.568. The molecule has 0 aromatic carbocycles. The van der Waals surface area contributed by atoms with Crippen LogP contribution in [0.3, 0.4) is 0 Å². The Hall–Kier alpha value is -0.0800. The summed E-state index contributed by atoms with van der Waals surface area (Å²) in [6.45, 7) is 4.42. The summed E-state index contributed by atoms with van der Waals surface area (Å²) in [5, 5.41) is 0.779. The number of rotatable bonds is 4. The second-order valence-electron chi connectivity index (χ2n) is 3.79. The molecule has 2 unspecified atom stereocenters. The first kappa shape index (κ1) is 12.0. The minimum absolute atomic E-state index is 0.568. The summed E-state index contributed by atoms with van der Waals surface area (Å²) in [6, 6.07) is 2.00. The molecule has 1 nitrogen and oxygen atoms in total. The van der Waals surface area contributed by atoms with Crippen LogP contribution >= 0.6 is 27.5 Å². The van der Waals surface area contributed by atoms with Gasteiger partial charge < -0.3 is 0 Å². The molecule has 0 radical (unpaired) electrons. The van der Waals surface area contributed by atoms with E-state index in [-0.39, 0.29) is 0 Å². The van der Waals surface area contributed by atoms with Gasteiger partial charge in [0, 0.05) is 17.2 Å². The molecule has 0 aliphatic carbocycles. The summed E-state index contributed by atoms with van der Waals surface area (Å²) >= 11 is 9.59. The molecular formula is C11H15BrClN. The molecule has 0 spiro atoms. The SMILES string of the molecule is CC(Br)CC(C)Cc1ccncc1Cl. The topological polar surface area (TPSA) is 12.9 Å². The van der Waals surface area contributed by atoms with Crippen molar-refractivity contribution < 1.29 is 0 Å². The van der Waals surface area contributed by atoms with Gasteiger partial charge in [0.2, 0.25) is 0 Å². The van der Waals surface area contributed by atoms with Crippen LogP contribution in [0.15, 0.2) is 18.5 Å².